The van der Waals surface area contributed by atoms with E-state index in [9.17, 15) is 9.59 Å². The molecule has 0 aromatic heterocycles. The van der Waals surface area contributed by atoms with Crippen LogP contribution in [0.4, 0.5) is 0 Å². The van der Waals surface area contributed by atoms with Crippen molar-refractivity contribution in [1.82, 2.24) is 4.90 Å². The molecule has 9 heteroatoms. The van der Waals surface area contributed by atoms with E-state index in [0.717, 1.165) is 62.1 Å². The minimum absolute atomic E-state index is 0.0246. The van der Waals surface area contributed by atoms with E-state index in [1.54, 1.807) is 7.11 Å². The molecule has 2 saturated heterocycles. The SMILES string of the molecule is CCCCOC(C)(C)/C=C/C[C@]1(C(=O)O[C@@H]2C(OC)=C[C@]34CCCN3CCc3cc5c(cc3[C@H]24)OCO5)CC(=O)O1. The average molecular weight is 568 g/mol. The Morgan fingerprint density at radius 3 is 2.73 bits per heavy atom. The third kappa shape index (κ3) is 4.91. The number of methoxy groups -OCH3 is 1. The monoisotopic (exact) mass is 567 g/mol. The zero-order valence-electron chi connectivity index (χ0n) is 24.5. The molecule has 0 saturated carbocycles. The number of ether oxygens (including phenoxy) is 6. The summed E-state index contributed by atoms with van der Waals surface area (Å²) in [5.74, 6) is 0.939. The first-order valence-electron chi connectivity index (χ1n) is 14.9. The van der Waals surface area contributed by atoms with Crippen LogP contribution < -0.4 is 9.47 Å². The summed E-state index contributed by atoms with van der Waals surface area (Å²) in [6.07, 6.45) is 10.4. The average Bonchev–Trinajstić information content (AvgIpc) is 3.61. The summed E-state index contributed by atoms with van der Waals surface area (Å²) >= 11 is 0. The number of benzene rings is 1. The van der Waals surface area contributed by atoms with Crippen molar-refractivity contribution in [3.63, 3.8) is 0 Å². The Morgan fingerprint density at radius 2 is 2.00 bits per heavy atom. The second-order valence-electron chi connectivity index (χ2n) is 12.3. The summed E-state index contributed by atoms with van der Waals surface area (Å²) in [6, 6.07) is 4.13. The number of esters is 2. The Bertz CT molecular complexity index is 1260. The van der Waals surface area contributed by atoms with E-state index >= 15 is 0 Å². The van der Waals surface area contributed by atoms with E-state index in [0.29, 0.717) is 18.1 Å². The van der Waals surface area contributed by atoms with E-state index < -0.39 is 29.2 Å². The van der Waals surface area contributed by atoms with Gasteiger partial charge in [0.1, 0.15) is 5.76 Å². The van der Waals surface area contributed by atoms with E-state index in [4.69, 9.17) is 28.4 Å². The van der Waals surface area contributed by atoms with Gasteiger partial charge in [-0.15, -0.1) is 0 Å². The molecule has 222 valence electrons. The van der Waals surface area contributed by atoms with Crippen molar-refractivity contribution in [3.8, 4) is 11.5 Å². The van der Waals surface area contributed by atoms with Crippen LogP contribution in [-0.4, -0.2) is 73.3 Å². The fraction of sp³-hybridized carbons (Fsp3) is 0.625. The highest BCUT2D eigenvalue weighted by Crippen LogP contribution is 2.56. The number of hydrogen-bond acceptors (Lipinski definition) is 9. The lowest BCUT2D eigenvalue weighted by molar-refractivity contribution is -0.210. The summed E-state index contributed by atoms with van der Waals surface area (Å²) in [6.45, 7) is 8.79. The molecule has 4 atom stereocenters. The van der Waals surface area contributed by atoms with Gasteiger partial charge in [0.05, 0.1) is 30.6 Å². The van der Waals surface area contributed by atoms with E-state index in [1.807, 2.05) is 26.0 Å². The smallest absolute Gasteiger partial charge is 0.352 e. The number of rotatable bonds is 10. The van der Waals surface area contributed by atoms with Crippen LogP contribution in [-0.2, 0) is 35.0 Å². The van der Waals surface area contributed by atoms with Crippen LogP contribution in [0.5, 0.6) is 11.5 Å². The van der Waals surface area contributed by atoms with Gasteiger partial charge in [-0.05, 0) is 75.4 Å². The van der Waals surface area contributed by atoms with Gasteiger partial charge in [0.15, 0.2) is 17.6 Å². The van der Waals surface area contributed by atoms with Crippen LogP contribution in [0.15, 0.2) is 36.1 Å². The molecule has 0 N–H and O–H groups in total. The van der Waals surface area contributed by atoms with Gasteiger partial charge in [-0.1, -0.05) is 25.5 Å². The van der Waals surface area contributed by atoms with Crippen LogP contribution >= 0.6 is 0 Å². The maximum atomic E-state index is 13.9. The Hall–Kier alpha value is -3.04. The van der Waals surface area contributed by atoms with Gasteiger partial charge in [0.2, 0.25) is 12.4 Å². The van der Waals surface area contributed by atoms with Crippen molar-refractivity contribution in [3.05, 3.63) is 47.2 Å². The van der Waals surface area contributed by atoms with Crippen LogP contribution in [0.1, 0.15) is 76.3 Å². The van der Waals surface area contributed by atoms with Crippen molar-refractivity contribution in [2.45, 2.75) is 94.5 Å². The number of nitrogens with zero attached hydrogens (tertiary/aromatic N) is 1. The maximum absolute atomic E-state index is 13.9. The first-order valence-corrected chi connectivity index (χ1v) is 14.9. The first kappa shape index (κ1) is 28.1. The molecule has 9 nitrogen and oxygen atoms in total. The summed E-state index contributed by atoms with van der Waals surface area (Å²) in [7, 11) is 1.62. The van der Waals surface area contributed by atoms with Gasteiger partial charge in [0.25, 0.3) is 0 Å². The predicted molar refractivity (Wildman–Crippen MR) is 150 cm³/mol. The second-order valence-corrected chi connectivity index (χ2v) is 12.3. The van der Waals surface area contributed by atoms with Crippen molar-refractivity contribution < 1.29 is 38.0 Å². The Balaban J connectivity index is 1.28. The minimum atomic E-state index is -1.36. The zero-order valence-corrected chi connectivity index (χ0v) is 24.5. The van der Waals surface area contributed by atoms with E-state index in [-0.39, 0.29) is 31.1 Å². The van der Waals surface area contributed by atoms with Gasteiger partial charge in [-0.3, -0.25) is 9.69 Å². The van der Waals surface area contributed by atoms with Crippen LogP contribution in [0.2, 0.25) is 0 Å². The molecule has 0 amide bonds. The molecule has 5 aliphatic rings. The van der Waals surface area contributed by atoms with Crippen molar-refractivity contribution in [1.29, 1.82) is 0 Å². The summed E-state index contributed by atoms with van der Waals surface area (Å²) in [5, 5.41) is 0. The van der Waals surface area contributed by atoms with Gasteiger partial charge in [0, 0.05) is 19.6 Å². The molecular weight excluding hydrogens is 526 g/mol. The third-order valence-electron chi connectivity index (χ3n) is 9.25. The van der Waals surface area contributed by atoms with Gasteiger partial charge in [-0.2, -0.15) is 0 Å². The maximum Gasteiger partial charge on any atom is 0.352 e. The second kappa shape index (κ2) is 10.7. The topological polar surface area (TPSA) is 92.8 Å². The summed E-state index contributed by atoms with van der Waals surface area (Å²) in [4.78, 5) is 28.5. The quantitative estimate of drug-likeness (QED) is 0.229. The zero-order chi connectivity index (χ0) is 28.8. The lowest BCUT2D eigenvalue weighted by Crippen LogP contribution is -2.56. The number of carbonyl (C=O) groups is 2. The van der Waals surface area contributed by atoms with Crippen LogP contribution in [0, 0.1) is 0 Å². The molecule has 1 aliphatic carbocycles. The first-order chi connectivity index (χ1) is 19.7. The molecule has 1 aromatic carbocycles. The molecule has 1 aromatic rings. The molecule has 0 radical (unpaired) electrons. The molecule has 4 aliphatic heterocycles. The standard InChI is InChI=1S/C32H41NO8/c1-5-6-15-39-30(2,3)10-7-12-32(19-26(34)41-32)29(35)40-28-25(36-4)18-31-11-8-13-33(31)14-9-21-16-23-24(38-20-37-23)17-22(21)27(28)31/h7,10,16-18,27-28H,5-6,8-9,11-15,19-20H2,1-4H3/b10-7+/t27-,28-,31+,32-/m1/s1. The van der Waals surface area contributed by atoms with Crippen LogP contribution in [0.25, 0.3) is 0 Å². The third-order valence-corrected chi connectivity index (χ3v) is 9.25. The van der Waals surface area contributed by atoms with Crippen molar-refractivity contribution in [2.24, 2.45) is 0 Å². The van der Waals surface area contributed by atoms with Crippen molar-refractivity contribution >= 4 is 11.9 Å². The highest BCUT2D eigenvalue weighted by molar-refractivity contribution is 5.94. The number of hydrogen-bond donors (Lipinski definition) is 0. The molecule has 1 spiro atoms. The fourth-order valence-corrected chi connectivity index (χ4v) is 7.13. The molecule has 4 heterocycles. The number of unbranched alkanes of at least 4 members (excludes halogenated alkanes) is 1. The highest BCUT2D eigenvalue weighted by Gasteiger charge is 2.60. The van der Waals surface area contributed by atoms with Crippen molar-refractivity contribution in [2.75, 3.05) is 33.6 Å². The Kier molecular flexibility index (Phi) is 7.30. The largest absolute Gasteiger partial charge is 0.497 e. The molecule has 41 heavy (non-hydrogen) atoms. The predicted octanol–water partition coefficient (Wildman–Crippen LogP) is 4.57. The number of fused-ring (bicyclic) bond motifs is 3. The Morgan fingerprint density at radius 1 is 1.22 bits per heavy atom. The highest BCUT2D eigenvalue weighted by atomic mass is 16.7. The number of carbonyl (C=O) groups excluding carboxylic acids is 2. The molecule has 0 unspecified atom stereocenters. The molecular formula is C32H41NO8. The fourth-order valence-electron chi connectivity index (χ4n) is 7.13. The lowest BCUT2D eigenvalue weighted by atomic mass is 9.77. The minimum Gasteiger partial charge on any atom is -0.497 e. The van der Waals surface area contributed by atoms with E-state index in [1.165, 1.54) is 0 Å². The van der Waals surface area contributed by atoms with E-state index in [2.05, 4.69) is 30.0 Å². The molecule has 6 rings (SSSR count). The van der Waals surface area contributed by atoms with Gasteiger partial charge >= 0.3 is 11.9 Å². The Labute approximate surface area is 241 Å². The van der Waals surface area contributed by atoms with Crippen LogP contribution in [0.3, 0.4) is 0 Å². The summed E-state index contributed by atoms with van der Waals surface area (Å²) < 4.78 is 35.2. The number of cyclic esters (lactones) is 1. The van der Waals surface area contributed by atoms with Gasteiger partial charge in [-0.25, -0.2) is 4.79 Å². The normalized spacial score (nSPS) is 30.1. The summed E-state index contributed by atoms with van der Waals surface area (Å²) in [5.41, 5.74) is 0.0563. The molecule has 0 bridgehead atoms. The van der Waals surface area contributed by atoms with Gasteiger partial charge < -0.3 is 28.4 Å². The lowest BCUT2D eigenvalue weighted by Gasteiger charge is -2.41. The molecule has 2 fully saturated rings.